The number of piperidine rings is 1. The molecule has 2 aliphatic rings. The van der Waals surface area contributed by atoms with Crippen molar-refractivity contribution >= 4 is 11.8 Å². The van der Waals surface area contributed by atoms with Crippen molar-refractivity contribution in [1.29, 1.82) is 0 Å². The number of carbonyl (C=O) groups excluding carboxylic acids is 2. The van der Waals surface area contributed by atoms with Crippen molar-refractivity contribution in [2.75, 3.05) is 26.2 Å². The van der Waals surface area contributed by atoms with Gasteiger partial charge in [0.05, 0.1) is 12.0 Å². The van der Waals surface area contributed by atoms with Gasteiger partial charge in [-0.25, -0.2) is 9.67 Å². The standard InChI is InChI=1S/C14H21N5O2/c1-2-17-7-11(6-13(17)20)14(21)18-5-3-4-12(8-18)19-10-15-9-16-19/h9-12H,2-8H2,1H3/t11-,12+/m1/s1. The molecule has 21 heavy (non-hydrogen) atoms. The fraction of sp³-hybridized carbons (Fsp3) is 0.714. The third-order valence-corrected chi connectivity index (χ3v) is 4.46. The molecule has 2 atom stereocenters. The minimum atomic E-state index is -0.174. The number of likely N-dealkylation sites (tertiary alicyclic amines) is 2. The Labute approximate surface area is 123 Å². The molecule has 2 aliphatic heterocycles. The first-order chi connectivity index (χ1) is 10.2. The average Bonchev–Trinajstić information content (AvgIpc) is 3.16. The lowest BCUT2D eigenvalue weighted by molar-refractivity contribution is -0.137. The van der Waals surface area contributed by atoms with Gasteiger partial charge in [0, 0.05) is 32.6 Å². The molecule has 0 saturated carbocycles. The molecule has 3 rings (SSSR count). The summed E-state index contributed by atoms with van der Waals surface area (Å²) >= 11 is 0. The van der Waals surface area contributed by atoms with Crippen molar-refractivity contribution in [3.05, 3.63) is 12.7 Å². The molecule has 0 bridgehead atoms. The molecule has 0 aromatic carbocycles. The first kappa shape index (κ1) is 14.0. The fourth-order valence-corrected chi connectivity index (χ4v) is 3.28. The summed E-state index contributed by atoms with van der Waals surface area (Å²) in [6.07, 6.45) is 5.56. The maximum atomic E-state index is 12.6. The van der Waals surface area contributed by atoms with Gasteiger partial charge in [0.15, 0.2) is 0 Å². The molecule has 7 heteroatoms. The van der Waals surface area contributed by atoms with E-state index in [-0.39, 0.29) is 23.8 Å². The Kier molecular flexibility index (Phi) is 3.90. The normalized spacial score (nSPS) is 26.4. The summed E-state index contributed by atoms with van der Waals surface area (Å²) in [4.78, 5) is 32.0. The molecular weight excluding hydrogens is 270 g/mol. The first-order valence-electron chi connectivity index (χ1n) is 7.59. The number of carbonyl (C=O) groups is 2. The molecular formula is C14H21N5O2. The lowest BCUT2D eigenvalue weighted by atomic mass is 10.0. The van der Waals surface area contributed by atoms with Crippen LogP contribution in [0.4, 0.5) is 0 Å². The zero-order valence-corrected chi connectivity index (χ0v) is 12.3. The molecule has 2 amide bonds. The second kappa shape index (κ2) is 5.83. The van der Waals surface area contributed by atoms with Crippen LogP contribution in [-0.2, 0) is 9.59 Å². The lowest BCUT2D eigenvalue weighted by Gasteiger charge is -2.34. The summed E-state index contributed by atoms with van der Waals surface area (Å²) in [7, 11) is 0. The number of aromatic nitrogens is 3. The summed E-state index contributed by atoms with van der Waals surface area (Å²) in [6, 6.07) is 0.199. The van der Waals surface area contributed by atoms with Crippen LogP contribution in [0.5, 0.6) is 0 Å². The van der Waals surface area contributed by atoms with E-state index in [1.807, 2.05) is 16.5 Å². The van der Waals surface area contributed by atoms with Gasteiger partial charge in [-0.15, -0.1) is 0 Å². The van der Waals surface area contributed by atoms with E-state index < -0.39 is 0 Å². The van der Waals surface area contributed by atoms with E-state index in [1.54, 1.807) is 11.2 Å². The van der Waals surface area contributed by atoms with E-state index in [1.165, 1.54) is 6.33 Å². The highest BCUT2D eigenvalue weighted by molar-refractivity contribution is 5.89. The number of amides is 2. The van der Waals surface area contributed by atoms with Crippen molar-refractivity contribution in [1.82, 2.24) is 24.6 Å². The van der Waals surface area contributed by atoms with Gasteiger partial charge in [-0.2, -0.15) is 5.10 Å². The van der Waals surface area contributed by atoms with E-state index in [4.69, 9.17) is 0 Å². The summed E-state index contributed by atoms with van der Waals surface area (Å²) in [6.45, 7) is 4.65. The number of rotatable bonds is 3. The molecule has 0 spiro atoms. The van der Waals surface area contributed by atoms with E-state index >= 15 is 0 Å². The number of hydrogen-bond acceptors (Lipinski definition) is 4. The Morgan fingerprint density at radius 1 is 1.43 bits per heavy atom. The van der Waals surface area contributed by atoms with Crippen LogP contribution in [0.15, 0.2) is 12.7 Å². The molecule has 1 aromatic heterocycles. The lowest BCUT2D eigenvalue weighted by Crippen LogP contribution is -2.44. The Morgan fingerprint density at radius 3 is 2.95 bits per heavy atom. The Balaban J connectivity index is 1.64. The van der Waals surface area contributed by atoms with Gasteiger partial charge in [0.2, 0.25) is 11.8 Å². The molecule has 7 nitrogen and oxygen atoms in total. The fourth-order valence-electron chi connectivity index (χ4n) is 3.28. The van der Waals surface area contributed by atoms with Gasteiger partial charge in [0.1, 0.15) is 12.7 Å². The second-order valence-corrected chi connectivity index (χ2v) is 5.79. The predicted molar refractivity (Wildman–Crippen MR) is 75.2 cm³/mol. The Bertz CT molecular complexity index is 515. The molecule has 0 unspecified atom stereocenters. The summed E-state index contributed by atoms with van der Waals surface area (Å²) < 4.78 is 1.83. The molecule has 0 N–H and O–H groups in total. The summed E-state index contributed by atoms with van der Waals surface area (Å²) in [5.74, 6) is 0.0387. The monoisotopic (exact) mass is 291 g/mol. The topological polar surface area (TPSA) is 71.3 Å². The minimum Gasteiger partial charge on any atom is -0.342 e. The van der Waals surface area contributed by atoms with Crippen LogP contribution in [-0.4, -0.2) is 62.6 Å². The van der Waals surface area contributed by atoms with Crippen molar-refractivity contribution < 1.29 is 9.59 Å². The quantitative estimate of drug-likeness (QED) is 0.803. The SMILES string of the molecule is CCN1C[C@H](C(=O)N2CCC[C@H](n3cncn3)C2)CC1=O. The van der Waals surface area contributed by atoms with E-state index in [0.29, 0.717) is 26.1 Å². The minimum absolute atomic E-state index is 0.0979. The van der Waals surface area contributed by atoms with Gasteiger partial charge in [0.25, 0.3) is 0 Å². The van der Waals surface area contributed by atoms with Crippen LogP contribution in [0, 0.1) is 5.92 Å². The molecule has 114 valence electrons. The van der Waals surface area contributed by atoms with Crippen LogP contribution >= 0.6 is 0 Å². The van der Waals surface area contributed by atoms with Crippen molar-refractivity contribution in [2.24, 2.45) is 5.92 Å². The molecule has 0 radical (unpaired) electrons. The third kappa shape index (κ3) is 2.77. The van der Waals surface area contributed by atoms with Crippen molar-refractivity contribution in [3.8, 4) is 0 Å². The number of hydrogen-bond donors (Lipinski definition) is 0. The first-order valence-corrected chi connectivity index (χ1v) is 7.59. The van der Waals surface area contributed by atoms with Crippen LogP contribution < -0.4 is 0 Å². The highest BCUT2D eigenvalue weighted by atomic mass is 16.2. The van der Waals surface area contributed by atoms with Gasteiger partial charge in [-0.1, -0.05) is 0 Å². The van der Waals surface area contributed by atoms with Gasteiger partial charge >= 0.3 is 0 Å². The predicted octanol–water partition coefficient (Wildman–Crippen LogP) is 0.310. The van der Waals surface area contributed by atoms with Crippen molar-refractivity contribution in [3.63, 3.8) is 0 Å². The van der Waals surface area contributed by atoms with Crippen LogP contribution in [0.25, 0.3) is 0 Å². The highest BCUT2D eigenvalue weighted by Crippen LogP contribution is 2.25. The van der Waals surface area contributed by atoms with Gasteiger partial charge < -0.3 is 9.80 Å². The van der Waals surface area contributed by atoms with Crippen LogP contribution in [0.3, 0.4) is 0 Å². The highest BCUT2D eigenvalue weighted by Gasteiger charge is 2.37. The summed E-state index contributed by atoms with van der Waals surface area (Å²) in [5.41, 5.74) is 0. The smallest absolute Gasteiger partial charge is 0.228 e. The maximum Gasteiger partial charge on any atom is 0.228 e. The molecule has 2 saturated heterocycles. The molecule has 0 aliphatic carbocycles. The average molecular weight is 291 g/mol. The van der Waals surface area contributed by atoms with E-state index in [0.717, 1.165) is 19.4 Å². The van der Waals surface area contributed by atoms with Gasteiger partial charge in [-0.05, 0) is 19.8 Å². The van der Waals surface area contributed by atoms with Crippen LogP contribution in [0.2, 0.25) is 0 Å². The molecule has 2 fully saturated rings. The van der Waals surface area contributed by atoms with Crippen LogP contribution in [0.1, 0.15) is 32.2 Å². The van der Waals surface area contributed by atoms with Crippen molar-refractivity contribution in [2.45, 2.75) is 32.2 Å². The van der Waals surface area contributed by atoms with E-state index in [9.17, 15) is 9.59 Å². The van der Waals surface area contributed by atoms with Gasteiger partial charge in [-0.3, -0.25) is 9.59 Å². The van der Waals surface area contributed by atoms with E-state index in [2.05, 4.69) is 10.1 Å². The zero-order valence-electron chi connectivity index (χ0n) is 12.3. The maximum absolute atomic E-state index is 12.6. The molecule has 1 aromatic rings. The Hall–Kier alpha value is -1.92. The summed E-state index contributed by atoms with van der Waals surface area (Å²) in [5, 5.41) is 4.17. The zero-order chi connectivity index (χ0) is 14.8. The second-order valence-electron chi connectivity index (χ2n) is 5.79. The number of nitrogens with zero attached hydrogens (tertiary/aromatic N) is 5. The largest absolute Gasteiger partial charge is 0.342 e. The Morgan fingerprint density at radius 2 is 2.29 bits per heavy atom. The third-order valence-electron chi connectivity index (χ3n) is 4.46. The molecule has 3 heterocycles.